The third-order valence-corrected chi connectivity index (χ3v) is 0.776. The van der Waals surface area contributed by atoms with Gasteiger partial charge in [0, 0.05) is 17.7 Å². The highest BCUT2D eigenvalue weighted by Gasteiger charge is 2.05. The Morgan fingerprint density at radius 2 is 1.43 bits per heavy atom. The van der Waals surface area contributed by atoms with Gasteiger partial charge in [0.25, 0.3) is 0 Å². The van der Waals surface area contributed by atoms with E-state index in [1.165, 1.54) is 0 Å². The first-order valence-corrected chi connectivity index (χ1v) is 3.72. The van der Waals surface area contributed by atoms with E-state index in [1.807, 2.05) is 0 Å². The highest BCUT2D eigenvalue weighted by Crippen LogP contribution is 1.89. The maximum atomic E-state index is 9.55. The lowest BCUT2D eigenvalue weighted by Crippen LogP contribution is -2.35. The van der Waals surface area contributed by atoms with Crippen LogP contribution < -0.4 is 5.73 Å². The summed E-state index contributed by atoms with van der Waals surface area (Å²) in [4.78, 5) is 19.1. The van der Waals surface area contributed by atoms with Crippen LogP contribution in [0.4, 0.5) is 0 Å². The summed E-state index contributed by atoms with van der Waals surface area (Å²) in [5.74, 6) is -2.51. The van der Waals surface area contributed by atoms with Crippen molar-refractivity contribution in [2.45, 2.75) is 19.4 Å². The zero-order chi connectivity index (χ0) is 11.8. The molecule has 0 saturated heterocycles. The number of carboxylic acids is 2. The smallest absolute Gasteiger partial charge is 0.328 e. The van der Waals surface area contributed by atoms with Crippen LogP contribution in [-0.4, -0.2) is 39.4 Å². The monoisotopic (exact) mass is 205 g/mol. The van der Waals surface area contributed by atoms with E-state index >= 15 is 0 Å². The summed E-state index contributed by atoms with van der Waals surface area (Å²) in [6.45, 7) is 3.59. The number of carbonyl (C=O) groups is 2. The Balaban J connectivity index is 0. The van der Waals surface area contributed by atoms with E-state index in [2.05, 4.69) is 0 Å². The number of aliphatic hydroxyl groups excluding tert-OH is 1. The Hall–Kier alpha value is -1.40. The summed E-state index contributed by atoms with van der Waals surface area (Å²) in [6, 6.07) is 0. The summed E-state index contributed by atoms with van der Waals surface area (Å²) in [6.07, 6.45) is 1.12. The Morgan fingerprint density at radius 3 is 1.50 bits per heavy atom. The third-order valence-electron chi connectivity index (χ3n) is 0.776. The van der Waals surface area contributed by atoms with Gasteiger partial charge in [0.2, 0.25) is 0 Å². The molecule has 0 bridgehead atoms. The molecular formula is C8H15NO5. The van der Waals surface area contributed by atoms with Gasteiger partial charge in [-0.25, -0.2) is 9.59 Å². The minimum absolute atomic E-state index is 0.0486. The molecule has 0 aromatic rings. The van der Waals surface area contributed by atoms with Crippen molar-refractivity contribution >= 4 is 11.9 Å². The van der Waals surface area contributed by atoms with Crippen molar-refractivity contribution in [1.29, 1.82) is 0 Å². The van der Waals surface area contributed by atoms with Gasteiger partial charge >= 0.3 is 11.9 Å². The van der Waals surface area contributed by atoms with Gasteiger partial charge in [-0.05, 0) is 13.8 Å². The molecule has 0 amide bonds. The number of hydrogen-bond acceptors (Lipinski definition) is 4. The highest BCUT2D eigenvalue weighted by atomic mass is 16.4. The van der Waals surface area contributed by atoms with E-state index in [4.69, 9.17) is 21.1 Å². The van der Waals surface area contributed by atoms with Crippen LogP contribution in [0.1, 0.15) is 13.8 Å². The molecule has 0 aromatic heterocycles. The molecule has 6 heteroatoms. The molecule has 5 N–H and O–H groups in total. The van der Waals surface area contributed by atoms with Crippen LogP contribution in [0.2, 0.25) is 0 Å². The van der Waals surface area contributed by atoms with Crippen molar-refractivity contribution in [3.63, 3.8) is 0 Å². The van der Waals surface area contributed by atoms with Crippen LogP contribution in [0.3, 0.4) is 0 Å². The largest absolute Gasteiger partial charge is 0.478 e. The van der Waals surface area contributed by atoms with E-state index < -0.39 is 17.5 Å². The second-order valence-electron chi connectivity index (χ2n) is 3.16. The van der Waals surface area contributed by atoms with Crippen molar-refractivity contribution in [3.8, 4) is 0 Å². The van der Waals surface area contributed by atoms with Crippen molar-refractivity contribution in [2.75, 3.05) is 6.61 Å². The van der Waals surface area contributed by atoms with Crippen LogP contribution in [0.5, 0.6) is 0 Å². The minimum Gasteiger partial charge on any atom is -0.478 e. The first-order chi connectivity index (χ1) is 6.19. The number of aliphatic carboxylic acids is 2. The van der Waals surface area contributed by atoms with E-state index in [1.54, 1.807) is 13.8 Å². The van der Waals surface area contributed by atoms with Gasteiger partial charge in [0.15, 0.2) is 0 Å². The quantitative estimate of drug-likeness (QED) is 0.458. The standard InChI is InChI=1S/C4H11NO.C4H4O4/c1-4(2,5)3-6;5-3(6)1-2-4(7)8/h6H,3,5H2,1-2H3;1-2H,(H,5,6)(H,7,8)/b;2-1-. The van der Waals surface area contributed by atoms with Crippen molar-refractivity contribution in [3.05, 3.63) is 12.2 Å². The molecule has 6 nitrogen and oxygen atoms in total. The predicted octanol–water partition coefficient (Wildman–Crippen LogP) is -0.572. The van der Waals surface area contributed by atoms with Crippen LogP contribution in [0, 0.1) is 0 Å². The Kier molecular flexibility index (Phi) is 7.60. The van der Waals surface area contributed by atoms with Gasteiger partial charge < -0.3 is 21.1 Å². The molecule has 0 fully saturated rings. The Labute approximate surface area is 81.7 Å². The Bertz CT molecular complexity index is 200. The molecule has 0 saturated carbocycles. The number of rotatable bonds is 3. The summed E-state index contributed by atoms with van der Waals surface area (Å²) in [7, 11) is 0. The number of carboxylic acid groups (broad SMARTS) is 2. The molecule has 0 heterocycles. The average Bonchev–Trinajstić information content (AvgIpc) is 2.01. The normalized spacial score (nSPS) is 10.6. The molecule has 0 rings (SSSR count). The molecule has 0 aliphatic carbocycles. The topological polar surface area (TPSA) is 121 Å². The molecule has 0 radical (unpaired) electrons. The van der Waals surface area contributed by atoms with E-state index in [-0.39, 0.29) is 6.61 Å². The van der Waals surface area contributed by atoms with Crippen molar-refractivity contribution < 1.29 is 24.9 Å². The van der Waals surface area contributed by atoms with Gasteiger partial charge in [-0.3, -0.25) is 0 Å². The van der Waals surface area contributed by atoms with Gasteiger partial charge in [0.1, 0.15) is 0 Å². The molecule has 0 aliphatic heterocycles. The van der Waals surface area contributed by atoms with E-state index in [0.717, 1.165) is 0 Å². The van der Waals surface area contributed by atoms with Gasteiger partial charge in [0.05, 0.1) is 6.61 Å². The lowest BCUT2D eigenvalue weighted by atomic mass is 10.1. The SMILES string of the molecule is CC(C)(N)CO.O=C(O)/C=C\C(=O)O. The molecule has 0 aliphatic rings. The maximum Gasteiger partial charge on any atom is 0.328 e. The zero-order valence-electron chi connectivity index (χ0n) is 8.10. The van der Waals surface area contributed by atoms with Crippen molar-refractivity contribution in [2.24, 2.45) is 5.73 Å². The highest BCUT2D eigenvalue weighted by molar-refractivity contribution is 5.89. The maximum absolute atomic E-state index is 9.55. The zero-order valence-corrected chi connectivity index (χ0v) is 8.10. The van der Waals surface area contributed by atoms with Gasteiger partial charge in [-0.2, -0.15) is 0 Å². The van der Waals surface area contributed by atoms with Crippen LogP contribution in [0.15, 0.2) is 12.2 Å². The second-order valence-corrected chi connectivity index (χ2v) is 3.16. The summed E-state index contributed by atoms with van der Waals surface area (Å²) in [5.41, 5.74) is 4.88. The average molecular weight is 205 g/mol. The second kappa shape index (κ2) is 7.05. The fourth-order valence-electron chi connectivity index (χ4n) is 0.143. The minimum atomic E-state index is -1.26. The lowest BCUT2D eigenvalue weighted by Gasteiger charge is -2.12. The number of aliphatic hydroxyl groups is 1. The summed E-state index contributed by atoms with van der Waals surface area (Å²) >= 11 is 0. The third kappa shape index (κ3) is 22.4. The first kappa shape index (κ1) is 15.1. The van der Waals surface area contributed by atoms with Crippen LogP contribution in [-0.2, 0) is 9.59 Å². The lowest BCUT2D eigenvalue weighted by molar-refractivity contribution is -0.134. The van der Waals surface area contributed by atoms with Gasteiger partial charge in [-0.15, -0.1) is 0 Å². The van der Waals surface area contributed by atoms with E-state index in [0.29, 0.717) is 12.2 Å². The molecule has 0 aromatic carbocycles. The van der Waals surface area contributed by atoms with E-state index in [9.17, 15) is 9.59 Å². The molecule has 14 heavy (non-hydrogen) atoms. The summed E-state index contributed by atoms with van der Waals surface area (Å²) in [5, 5.41) is 23.9. The number of hydrogen-bond donors (Lipinski definition) is 4. The molecular weight excluding hydrogens is 190 g/mol. The molecule has 0 atom stereocenters. The molecule has 0 spiro atoms. The summed E-state index contributed by atoms with van der Waals surface area (Å²) < 4.78 is 0. The Morgan fingerprint density at radius 1 is 1.21 bits per heavy atom. The first-order valence-electron chi connectivity index (χ1n) is 3.72. The fourth-order valence-corrected chi connectivity index (χ4v) is 0.143. The van der Waals surface area contributed by atoms with Gasteiger partial charge in [-0.1, -0.05) is 0 Å². The van der Waals surface area contributed by atoms with Crippen LogP contribution >= 0.6 is 0 Å². The van der Waals surface area contributed by atoms with Crippen LogP contribution in [0.25, 0.3) is 0 Å². The molecule has 82 valence electrons. The number of nitrogens with two attached hydrogens (primary N) is 1. The van der Waals surface area contributed by atoms with Crippen molar-refractivity contribution in [1.82, 2.24) is 0 Å². The molecule has 0 unspecified atom stereocenters. The predicted molar refractivity (Wildman–Crippen MR) is 49.8 cm³/mol. The fraction of sp³-hybridized carbons (Fsp3) is 0.500.